The van der Waals surface area contributed by atoms with E-state index in [9.17, 15) is 0 Å². The van der Waals surface area contributed by atoms with Crippen LogP contribution in [0.15, 0.2) is 0 Å². The van der Waals surface area contributed by atoms with Gasteiger partial charge in [-0.25, -0.2) is 0 Å². The highest BCUT2D eigenvalue weighted by Crippen LogP contribution is 2.09. The molecule has 0 nitrogen and oxygen atoms in total. The molecule has 0 aromatic heterocycles. The molecule has 0 atom stereocenters. The van der Waals surface area contributed by atoms with Crippen LogP contribution in [0.1, 0.15) is 0 Å². The van der Waals surface area contributed by atoms with Crippen LogP contribution in [-0.4, -0.2) is 18.5 Å². The minimum Gasteiger partial charge on any atom is -0.277 e. The Labute approximate surface area is 41.3 Å². The van der Waals surface area contributed by atoms with Gasteiger partial charge in [0.15, 0.2) is 0 Å². The third kappa shape index (κ3) is 4.70. The van der Waals surface area contributed by atoms with E-state index in [4.69, 9.17) is 11.5 Å². The molecule has 0 aliphatic carbocycles. The maximum atomic E-state index is 5.37. The molecule has 0 amide bonds. The van der Waals surface area contributed by atoms with E-state index < -0.39 is 0 Å². The molecule has 0 saturated heterocycles. The van der Waals surface area contributed by atoms with E-state index in [0.29, 0.717) is 0 Å². The Hall–Kier alpha value is 0.705. The minimum atomic E-state index is 0.167. The molecule has 0 heterocycles. The van der Waals surface area contributed by atoms with Crippen LogP contribution in [0.3, 0.4) is 0 Å². The van der Waals surface area contributed by atoms with Crippen molar-refractivity contribution in [1.82, 2.24) is 0 Å². The van der Waals surface area contributed by atoms with E-state index >= 15 is 0 Å². The van der Waals surface area contributed by atoms with Crippen molar-refractivity contribution in [3.05, 3.63) is 0 Å². The van der Waals surface area contributed by atoms with Crippen molar-refractivity contribution in [3.8, 4) is 0 Å². The summed E-state index contributed by atoms with van der Waals surface area (Å²) in [6, 6.07) is 0. The average Bonchev–Trinajstić information content (AvgIpc) is 1.38. The summed E-state index contributed by atoms with van der Waals surface area (Å²) in [5.41, 5.74) is 0. The van der Waals surface area contributed by atoms with E-state index in [1.54, 1.807) is 0 Å². The van der Waals surface area contributed by atoms with Crippen LogP contribution in [0.4, 0.5) is 0 Å². The highest BCUT2D eigenvalue weighted by molar-refractivity contribution is 8.39. The summed E-state index contributed by atoms with van der Waals surface area (Å²) in [7, 11) is 0.167. The van der Waals surface area contributed by atoms with Gasteiger partial charge in [0.25, 0.3) is 5.97 Å². The monoisotopic (exact) mass is 110 g/mol. The zero-order valence-electron chi connectivity index (χ0n) is 3.53. The molecule has 3 heteroatoms. The zero-order valence-corrected chi connectivity index (χ0v) is 5.18. The topological polar surface area (TPSA) is 0 Å². The predicted octanol–water partition coefficient (Wildman–Crippen LogP) is 0.752. The molecule has 0 aromatic carbocycles. The molecule has 0 spiro atoms. The second-order valence-corrected chi connectivity index (χ2v) is 4.31. The summed E-state index contributed by atoms with van der Waals surface area (Å²) in [4.78, 5) is 0. The van der Waals surface area contributed by atoms with Crippen molar-refractivity contribution in [2.45, 2.75) is 0 Å². The van der Waals surface area contributed by atoms with Crippen LogP contribution in [0.25, 0.3) is 0 Å². The molecule has 0 fully saturated rings. The van der Waals surface area contributed by atoms with Gasteiger partial charge in [-0.3, -0.25) is 10.7 Å². The van der Waals surface area contributed by atoms with Gasteiger partial charge in [-0.1, -0.05) is 0 Å². The molecule has 0 aliphatic heterocycles. The quantitative estimate of drug-likeness (QED) is 0.374. The van der Waals surface area contributed by atoms with Crippen molar-refractivity contribution in [2.24, 2.45) is 0 Å². The molecule has 0 unspecified atom stereocenters. The second kappa shape index (κ2) is 2.92. The normalized spacial score (nSPS) is 10.6. The lowest BCUT2D eigenvalue weighted by Crippen LogP contribution is -1.73. The molecule has 0 bridgehead atoms. The first-order chi connectivity index (χ1) is 2.27. The Morgan fingerprint density at radius 2 is 1.80 bits per heavy atom. The van der Waals surface area contributed by atoms with Crippen LogP contribution in [0, 0.1) is 0 Å². The number of rotatable bonds is 1. The first kappa shape index (κ1) is 5.70. The number of halogens is 1. The summed E-state index contributed by atoms with van der Waals surface area (Å²) in [6.45, 7) is 0. The van der Waals surface area contributed by atoms with Gasteiger partial charge in [-0.2, -0.15) is 11.5 Å². The fraction of sp³-hybridized carbons (Fsp3) is 1.00. The molecular weight excluding hydrogens is 102 g/mol. The van der Waals surface area contributed by atoms with Crippen LogP contribution in [0.5, 0.6) is 0 Å². The average molecular weight is 110 g/mol. The lowest BCUT2D eigenvalue weighted by atomic mass is 10.7. The lowest BCUT2D eigenvalue weighted by Gasteiger charge is -1.94. The van der Waals surface area contributed by atoms with Gasteiger partial charge < -0.3 is 0 Å². The fourth-order valence-electron chi connectivity index (χ4n) is 0. The standard InChI is InChI=1S/C2H8BClS/c1-5(2)3-4/h3,5H,1-2H3. The predicted molar refractivity (Wildman–Crippen MR) is 33.8 cm³/mol. The van der Waals surface area contributed by atoms with Crippen molar-refractivity contribution >= 4 is 28.2 Å². The minimum absolute atomic E-state index is 0.167. The maximum Gasteiger partial charge on any atom is 0.278 e. The Bertz CT molecular complexity index is 23.6. The third-order valence-corrected chi connectivity index (χ3v) is 2.15. The van der Waals surface area contributed by atoms with Gasteiger partial charge in [0.1, 0.15) is 0 Å². The van der Waals surface area contributed by atoms with E-state index in [1.165, 1.54) is 0 Å². The Balaban J connectivity index is 2.54. The van der Waals surface area contributed by atoms with Crippen LogP contribution in [0.2, 0.25) is 0 Å². The fourth-order valence-corrected chi connectivity index (χ4v) is 0. The van der Waals surface area contributed by atoms with Crippen molar-refractivity contribution in [2.75, 3.05) is 12.5 Å². The summed E-state index contributed by atoms with van der Waals surface area (Å²) in [5.74, 6) is 0.843. The number of thiol groups is 1. The summed E-state index contributed by atoms with van der Waals surface area (Å²) in [5, 5.41) is 0. The van der Waals surface area contributed by atoms with Gasteiger partial charge in [-0.15, -0.1) is 0 Å². The molecule has 5 heavy (non-hydrogen) atoms. The Kier molecular flexibility index (Phi) is 3.33. The third-order valence-electron chi connectivity index (χ3n) is 0.239. The molecule has 32 valence electrons. The Morgan fingerprint density at radius 3 is 1.80 bits per heavy atom. The van der Waals surface area contributed by atoms with E-state index in [2.05, 4.69) is 12.5 Å². The second-order valence-electron chi connectivity index (χ2n) is 1.20. The summed E-state index contributed by atoms with van der Waals surface area (Å²) in [6.07, 6.45) is 4.31. The number of hydrogen-bond donors (Lipinski definition) is 1. The van der Waals surface area contributed by atoms with Gasteiger partial charge >= 0.3 is 0 Å². The van der Waals surface area contributed by atoms with Crippen LogP contribution in [-0.2, 0) is 0 Å². The van der Waals surface area contributed by atoms with Gasteiger partial charge in [0.2, 0.25) is 0 Å². The first-order valence-electron chi connectivity index (χ1n) is 1.48. The van der Waals surface area contributed by atoms with E-state index in [1.807, 2.05) is 0 Å². The van der Waals surface area contributed by atoms with Crippen LogP contribution < -0.4 is 0 Å². The molecule has 0 N–H and O–H groups in total. The van der Waals surface area contributed by atoms with Crippen molar-refractivity contribution < 1.29 is 0 Å². The van der Waals surface area contributed by atoms with E-state index in [0.717, 1.165) is 5.97 Å². The zero-order chi connectivity index (χ0) is 4.28. The summed E-state index contributed by atoms with van der Waals surface area (Å²) >= 11 is 5.37. The molecule has 0 aromatic rings. The first-order valence-corrected chi connectivity index (χ1v) is 4.43. The highest BCUT2D eigenvalue weighted by Gasteiger charge is 1.80. The molecule has 0 saturated carbocycles. The van der Waals surface area contributed by atoms with Gasteiger partial charge in [0, 0.05) is 0 Å². The summed E-state index contributed by atoms with van der Waals surface area (Å²) < 4.78 is 0. The molecule has 0 rings (SSSR count). The highest BCUT2D eigenvalue weighted by atomic mass is 35.5. The molecule has 0 radical (unpaired) electrons. The van der Waals surface area contributed by atoms with Gasteiger partial charge in [0.05, 0.1) is 0 Å². The van der Waals surface area contributed by atoms with Gasteiger partial charge in [-0.05, 0) is 12.5 Å². The smallest absolute Gasteiger partial charge is 0.277 e. The molecule has 0 aliphatic rings. The maximum absolute atomic E-state index is 5.37. The number of hydrogen-bond acceptors (Lipinski definition) is 0. The lowest BCUT2D eigenvalue weighted by molar-refractivity contribution is 2.35. The SMILES string of the molecule is C[SH](C)BCl. The van der Waals surface area contributed by atoms with Crippen molar-refractivity contribution in [1.29, 1.82) is 0 Å². The van der Waals surface area contributed by atoms with Crippen molar-refractivity contribution in [3.63, 3.8) is 0 Å². The van der Waals surface area contributed by atoms with E-state index in [-0.39, 0.29) is 10.7 Å². The largest absolute Gasteiger partial charge is 0.278 e. The Morgan fingerprint density at radius 1 is 1.60 bits per heavy atom. The van der Waals surface area contributed by atoms with Crippen LogP contribution >= 0.6 is 22.2 Å². The molecular formula is C2H8BClS.